The highest BCUT2D eigenvalue weighted by molar-refractivity contribution is 6.22. The molecular formula is C37H46O2. The number of Topliss-reactive ketones (excluding diaryl/α,β-unsaturated/α-hetero) is 2. The zero-order chi connectivity index (χ0) is 28.3. The van der Waals surface area contributed by atoms with E-state index < -0.39 is 0 Å². The summed E-state index contributed by atoms with van der Waals surface area (Å²) in [7, 11) is 0. The number of rotatable bonds is 10. The fourth-order valence-corrected chi connectivity index (χ4v) is 6.79. The lowest BCUT2D eigenvalue weighted by molar-refractivity contribution is -0.122. The fraction of sp³-hybridized carbons (Fsp3) is 0.459. The molecule has 0 aromatic carbocycles. The van der Waals surface area contributed by atoms with E-state index in [0.29, 0.717) is 30.8 Å². The van der Waals surface area contributed by atoms with Crippen molar-refractivity contribution in [2.24, 2.45) is 17.3 Å². The van der Waals surface area contributed by atoms with Crippen molar-refractivity contribution in [2.75, 3.05) is 0 Å². The smallest absolute Gasteiger partial charge is 0.173 e. The molecule has 0 spiro atoms. The Morgan fingerprint density at radius 2 is 1.85 bits per heavy atom. The van der Waals surface area contributed by atoms with Gasteiger partial charge in [0.25, 0.3) is 0 Å². The molecule has 0 radical (unpaired) electrons. The van der Waals surface area contributed by atoms with Gasteiger partial charge in [0.15, 0.2) is 11.6 Å². The number of carbonyl (C=O) groups excluding carboxylic acids is 2. The minimum absolute atomic E-state index is 0.0440. The van der Waals surface area contributed by atoms with E-state index in [-0.39, 0.29) is 22.9 Å². The summed E-state index contributed by atoms with van der Waals surface area (Å²) in [6.45, 7) is 17.7. The molecule has 0 amide bonds. The molecule has 1 fully saturated rings. The van der Waals surface area contributed by atoms with Gasteiger partial charge in [-0.05, 0) is 97.1 Å². The van der Waals surface area contributed by atoms with Crippen LogP contribution in [0.4, 0.5) is 0 Å². The lowest BCUT2D eigenvalue weighted by Crippen LogP contribution is -2.23. The molecule has 0 saturated heterocycles. The summed E-state index contributed by atoms with van der Waals surface area (Å²) in [5.74, 6) is 0.264. The third kappa shape index (κ3) is 6.26. The van der Waals surface area contributed by atoms with Crippen LogP contribution in [0.15, 0.2) is 105 Å². The van der Waals surface area contributed by atoms with E-state index in [0.717, 1.165) is 31.3 Å². The van der Waals surface area contributed by atoms with Gasteiger partial charge in [0.05, 0.1) is 5.57 Å². The normalized spacial score (nSPS) is 26.4. The summed E-state index contributed by atoms with van der Waals surface area (Å²) in [6, 6.07) is 0. The van der Waals surface area contributed by atoms with E-state index in [9.17, 15) is 9.59 Å². The van der Waals surface area contributed by atoms with E-state index >= 15 is 0 Å². The minimum Gasteiger partial charge on any atom is -0.294 e. The first-order valence-electron chi connectivity index (χ1n) is 14.7. The van der Waals surface area contributed by atoms with Crippen molar-refractivity contribution in [3.05, 3.63) is 105 Å². The highest BCUT2D eigenvalue weighted by Gasteiger charge is 2.56. The molecule has 2 nitrogen and oxygen atoms in total. The topological polar surface area (TPSA) is 34.1 Å². The first kappa shape index (κ1) is 29.0. The highest BCUT2D eigenvalue weighted by atomic mass is 16.1. The SMILES string of the molecule is C=C(CCC(=O)C1=CC=CC(CC2=CCC=C(C)C(C)=C2)C1=O)CC(=C(C)C)C1(C2=C(C)C=CCC2)CC1C. The van der Waals surface area contributed by atoms with Crippen LogP contribution in [0.2, 0.25) is 0 Å². The van der Waals surface area contributed by atoms with Gasteiger partial charge in [-0.25, -0.2) is 0 Å². The van der Waals surface area contributed by atoms with E-state index in [4.69, 9.17) is 0 Å². The molecule has 39 heavy (non-hydrogen) atoms. The Hall–Kier alpha value is -3.00. The average molecular weight is 523 g/mol. The molecule has 4 aliphatic carbocycles. The molecule has 0 aromatic rings. The van der Waals surface area contributed by atoms with Crippen LogP contribution in [0, 0.1) is 17.3 Å². The molecule has 3 atom stereocenters. The Morgan fingerprint density at radius 3 is 2.51 bits per heavy atom. The summed E-state index contributed by atoms with van der Waals surface area (Å²) in [6.07, 6.45) is 23.5. The van der Waals surface area contributed by atoms with Gasteiger partial charge in [-0.2, -0.15) is 0 Å². The van der Waals surface area contributed by atoms with Gasteiger partial charge in [-0.1, -0.05) is 95.0 Å². The lowest BCUT2D eigenvalue weighted by atomic mass is 9.75. The summed E-state index contributed by atoms with van der Waals surface area (Å²) < 4.78 is 0. The Labute approximate surface area is 236 Å². The minimum atomic E-state index is -0.277. The maximum atomic E-state index is 13.3. The molecule has 0 aliphatic heterocycles. The largest absolute Gasteiger partial charge is 0.294 e. The van der Waals surface area contributed by atoms with Crippen LogP contribution in [0.5, 0.6) is 0 Å². The zero-order valence-electron chi connectivity index (χ0n) is 25.0. The Balaban J connectivity index is 1.38. The van der Waals surface area contributed by atoms with Crippen LogP contribution in [-0.2, 0) is 9.59 Å². The third-order valence-corrected chi connectivity index (χ3v) is 9.32. The molecule has 1 saturated carbocycles. The van der Waals surface area contributed by atoms with Crippen LogP contribution in [-0.4, -0.2) is 11.6 Å². The van der Waals surface area contributed by atoms with Crippen molar-refractivity contribution in [2.45, 2.75) is 92.9 Å². The van der Waals surface area contributed by atoms with Crippen molar-refractivity contribution in [3.8, 4) is 0 Å². The highest BCUT2D eigenvalue weighted by Crippen LogP contribution is 2.66. The average Bonchev–Trinajstić information content (AvgIpc) is 3.60. The van der Waals surface area contributed by atoms with E-state index in [1.807, 2.05) is 12.2 Å². The van der Waals surface area contributed by atoms with Crippen LogP contribution in [0.25, 0.3) is 0 Å². The molecule has 0 N–H and O–H groups in total. The van der Waals surface area contributed by atoms with Crippen molar-refractivity contribution < 1.29 is 9.59 Å². The van der Waals surface area contributed by atoms with Gasteiger partial charge >= 0.3 is 0 Å². The molecule has 4 rings (SSSR count). The molecule has 0 aromatic heterocycles. The predicted octanol–water partition coefficient (Wildman–Crippen LogP) is 9.61. The number of hydrogen-bond donors (Lipinski definition) is 0. The van der Waals surface area contributed by atoms with Gasteiger partial charge < -0.3 is 0 Å². The van der Waals surface area contributed by atoms with Gasteiger partial charge in [-0.3, -0.25) is 9.59 Å². The second-order valence-electron chi connectivity index (χ2n) is 12.4. The predicted molar refractivity (Wildman–Crippen MR) is 164 cm³/mol. The summed E-state index contributed by atoms with van der Waals surface area (Å²) >= 11 is 0. The van der Waals surface area contributed by atoms with Crippen LogP contribution in [0.3, 0.4) is 0 Å². The van der Waals surface area contributed by atoms with Crippen LogP contribution >= 0.6 is 0 Å². The van der Waals surface area contributed by atoms with Crippen molar-refractivity contribution >= 4 is 11.6 Å². The first-order chi connectivity index (χ1) is 18.5. The Bertz CT molecular complexity index is 1310. The number of hydrogen-bond acceptors (Lipinski definition) is 2. The summed E-state index contributed by atoms with van der Waals surface area (Å²) in [4.78, 5) is 26.6. The maximum absolute atomic E-state index is 13.3. The standard InChI is InChI=1S/C37H46O2/c1-24(2)34(37(23-29(37)7)33-17-9-8-12-27(33)5)20-25(3)18-19-35(38)32-16-11-15-31(36(32)39)22-30-14-10-13-26(4)28(6)21-30/h8,11-16,21,29,31H,3,9-10,17-20,22-23H2,1-2,4-7H3. The number of carbonyl (C=O) groups is 2. The Morgan fingerprint density at radius 1 is 1.10 bits per heavy atom. The molecule has 3 unspecified atom stereocenters. The van der Waals surface area contributed by atoms with Crippen molar-refractivity contribution in [1.82, 2.24) is 0 Å². The first-order valence-corrected chi connectivity index (χ1v) is 14.7. The van der Waals surface area contributed by atoms with Crippen molar-refractivity contribution in [1.29, 1.82) is 0 Å². The third-order valence-electron chi connectivity index (χ3n) is 9.32. The number of allylic oxidation sites excluding steroid dienone is 17. The number of ketones is 2. The molecule has 0 heterocycles. The zero-order valence-corrected chi connectivity index (χ0v) is 25.0. The quantitative estimate of drug-likeness (QED) is 0.211. The Kier molecular flexibility index (Phi) is 8.94. The van der Waals surface area contributed by atoms with Gasteiger partial charge in [-0.15, -0.1) is 0 Å². The van der Waals surface area contributed by atoms with E-state index in [1.165, 1.54) is 39.9 Å². The maximum Gasteiger partial charge on any atom is 0.173 e. The second kappa shape index (κ2) is 12.0. The lowest BCUT2D eigenvalue weighted by Gasteiger charge is -2.30. The molecule has 206 valence electrons. The van der Waals surface area contributed by atoms with Crippen LogP contribution in [0.1, 0.15) is 92.9 Å². The second-order valence-corrected chi connectivity index (χ2v) is 12.4. The molecule has 4 aliphatic rings. The summed E-state index contributed by atoms with van der Waals surface area (Å²) in [5, 5.41) is 0. The van der Waals surface area contributed by atoms with Crippen molar-refractivity contribution in [3.63, 3.8) is 0 Å². The monoisotopic (exact) mass is 522 g/mol. The molecule has 2 heteroatoms. The van der Waals surface area contributed by atoms with Crippen LogP contribution < -0.4 is 0 Å². The molecule has 0 bridgehead atoms. The van der Waals surface area contributed by atoms with E-state index in [2.05, 4.69) is 78.5 Å². The van der Waals surface area contributed by atoms with Gasteiger partial charge in [0.2, 0.25) is 0 Å². The van der Waals surface area contributed by atoms with Gasteiger partial charge in [0.1, 0.15) is 0 Å². The van der Waals surface area contributed by atoms with Gasteiger partial charge in [0, 0.05) is 17.8 Å². The molecular weight excluding hydrogens is 476 g/mol. The summed E-state index contributed by atoms with van der Waals surface area (Å²) in [5.41, 5.74) is 11.2. The fourth-order valence-electron chi connectivity index (χ4n) is 6.79. The van der Waals surface area contributed by atoms with E-state index in [1.54, 1.807) is 11.6 Å².